The monoisotopic (exact) mass is 226 g/mol. The van der Waals surface area contributed by atoms with Crippen molar-refractivity contribution in [3.05, 3.63) is 29.6 Å². The molecule has 1 nitrogen and oxygen atoms in total. The van der Waals surface area contributed by atoms with E-state index in [1.807, 2.05) is 27.7 Å². The van der Waals surface area contributed by atoms with Crippen molar-refractivity contribution in [1.29, 1.82) is 0 Å². The van der Waals surface area contributed by atoms with E-state index in [2.05, 4.69) is 13.8 Å². The van der Waals surface area contributed by atoms with E-state index in [0.29, 0.717) is 11.7 Å². The van der Waals surface area contributed by atoms with Crippen LogP contribution in [0.15, 0.2) is 18.2 Å². The lowest BCUT2D eigenvalue weighted by molar-refractivity contribution is 0.238. The first-order valence-corrected chi connectivity index (χ1v) is 5.96. The molecule has 0 spiro atoms. The van der Waals surface area contributed by atoms with Gasteiger partial charge in [0.15, 0.2) is 0 Å². The highest BCUT2D eigenvalue weighted by Gasteiger charge is 2.09. The summed E-state index contributed by atoms with van der Waals surface area (Å²) in [6, 6.07) is 4.72. The molecule has 0 N–H and O–H groups in total. The van der Waals surface area contributed by atoms with Crippen LogP contribution in [0, 0.1) is 5.82 Å². The van der Waals surface area contributed by atoms with E-state index in [1.54, 1.807) is 6.07 Å². The zero-order valence-corrected chi connectivity index (χ0v) is 11.2. The standard InChI is InChI=1S/C12H17FO.C2H6/c1-8(2)11-6-5-10(13)7-12(11)14-9(3)4;1-2/h5-9H,1-4H3;1-2H3. The average molecular weight is 226 g/mol. The van der Waals surface area contributed by atoms with Crippen LogP contribution >= 0.6 is 0 Å². The van der Waals surface area contributed by atoms with Crippen LogP contribution in [0.3, 0.4) is 0 Å². The molecule has 0 aromatic heterocycles. The van der Waals surface area contributed by atoms with Gasteiger partial charge in [-0.3, -0.25) is 0 Å². The number of halogens is 1. The number of hydrogen-bond donors (Lipinski definition) is 0. The molecule has 1 aromatic rings. The van der Waals surface area contributed by atoms with Crippen molar-refractivity contribution in [3.8, 4) is 5.75 Å². The molecule has 0 aliphatic carbocycles. The van der Waals surface area contributed by atoms with Gasteiger partial charge in [-0.15, -0.1) is 0 Å². The summed E-state index contributed by atoms with van der Waals surface area (Å²) in [6.07, 6.45) is 0.0781. The maximum absolute atomic E-state index is 13.0. The van der Waals surface area contributed by atoms with Gasteiger partial charge in [-0.25, -0.2) is 4.39 Å². The van der Waals surface area contributed by atoms with Gasteiger partial charge < -0.3 is 4.74 Å². The van der Waals surface area contributed by atoms with Gasteiger partial charge >= 0.3 is 0 Å². The van der Waals surface area contributed by atoms with Gasteiger partial charge in [0.1, 0.15) is 11.6 Å². The molecule has 0 atom stereocenters. The number of rotatable bonds is 3. The molecule has 0 unspecified atom stereocenters. The Kier molecular flexibility index (Phi) is 6.78. The summed E-state index contributed by atoms with van der Waals surface area (Å²) in [5.74, 6) is 0.768. The van der Waals surface area contributed by atoms with Gasteiger partial charge in [0.05, 0.1) is 6.10 Å². The maximum Gasteiger partial charge on any atom is 0.126 e. The maximum atomic E-state index is 13.0. The Balaban J connectivity index is 0.00000106. The molecule has 0 heterocycles. The summed E-state index contributed by atoms with van der Waals surface area (Å²) in [6.45, 7) is 12.0. The summed E-state index contributed by atoms with van der Waals surface area (Å²) in [7, 11) is 0. The molecule has 92 valence electrons. The van der Waals surface area contributed by atoms with E-state index in [9.17, 15) is 4.39 Å². The van der Waals surface area contributed by atoms with E-state index in [1.165, 1.54) is 12.1 Å². The Morgan fingerprint density at radius 3 is 2.06 bits per heavy atom. The predicted molar refractivity (Wildman–Crippen MR) is 67.6 cm³/mol. The summed E-state index contributed by atoms with van der Waals surface area (Å²) in [5.41, 5.74) is 1.06. The van der Waals surface area contributed by atoms with Gasteiger partial charge in [-0.2, -0.15) is 0 Å². The van der Waals surface area contributed by atoms with Crippen LogP contribution in [0.2, 0.25) is 0 Å². The molecule has 0 aliphatic rings. The number of hydrogen-bond acceptors (Lipinski definition) is 1. The van der Waals surface area contributed by atoms with Crippen molar-refractivity contribution in [3.63, 3.8) is 0 Å². The van der Waals surface area contributed by atoms with E-state index >= 15 is 0 Å². The van der Waals surface area contributed by atoms with Crippen molar-refractivity contribution in [1.82, 2.24) is 0 Å². The second kappa shape index (κ2) is 7.26. The van der Waals surface area contributed by atoms with Crippen LogP contribution in [-0.4, -0.2) is 6.10 Å². The van der Waals surface area contributed by atoms with E-state index in [0.717, 1.165) is 5.56 Å². The fraction of sp³-hybridized carbons (Fsp3) is 0.571. The van der Waals surface area contributed by atoms with Gasteiger partial charge in [0, 0.05) is 6.07 Å². The third-order valence-corrected chi connectivity index (χ3v) is 1.96. The van der Waals surface area contributed by atoms with Crippen molar-refractivity contribution < 1.29 is 9.13 Å². The second-order valence-electron chi connectivity index (χ2n) is 4.00. The molecule has 1 aromatic carbocycles. The topological polar surface area (TPSA) is 9.23 Å². The number of ether oxygens (including phenoxy) is 1. The quantitative estimate of drug-likeness (QED) is 0.721. The second-order valence-corrected chi connectivity index (χ2v) is 4.00. The minimum Gasteiger partial charge on any atom is -0.491 e. The Hall–Kier alpha value is -1.05. The van der Waals surface area contributed by atoms with Crippen LogP contribution in [-0.2, 0) is 0 Å². The summed E-state index contributed by atoms with van der Waals surface area (Å²) >= 11 is 0. The zero-order chi connectivity index (χ0) is 12.7. The van der Waals surface area contributed by atoms with Gasteiger partial charge in [0.2, 0.25) is 0 Å². The van der Waals surface area contributed by atoms with Crippen LogP contribution in [0.4, 0.5) is 4.39 Å². The molecule has 0 aliphatic heterocycles. The largest absolute Gasteiger partial charge is 0.491 e. The molecular formula is C14H23FO. The van der Waals surface area contributed by atoms with Gasteiger partial charge in [-0.1, -0.05) is 33.8 Å². The first-order valence-electron chi connectivity index (χ1n) is 5.96. The SMILES string of the molecule is CC.CC(C)Oc1cc(F)ccc1C(C)C. The molecule has 0 bridgehead atoms. The lowest BCUT2D eigenvalue weighted by Crippen LogP contribution is -2.08. The van der Waals surface area contributed by atoms with Crippen LogP contribution in [0.1, 0.15) is 53.0 Å². The molecule has 0 amide bonds. The molecule has 2 heteroatoms. The minimum atomic E-state index is -0.245. The predicted octanol–water partition coefficient (Wildman–Crippen LogP) is 4.76. The fourth-order valence-corrected chi connectivity index (χ4v) is 1.34. The van der Waals surface area contributed by atoms with Crippen molar-refractivity contribution in [2.45, 2.75) is 53.6 Å². The molecular weight excluding hydrogens is 203 g/mol. The van der Waals surface area contributed by atoms with Gasteiger partial charge in [-0.05, 0) is 31.4 Å². The van der Waals surface area contributed by atoms with E-state index in [4.69, 9.17) is 4.74 Å². The highest BCUT2D eigenvalue weighted by molar-refractivity contribution is 5.36. The molecule has 0 radical (unpaired) electrons. The lowest BCUT2D eigenvalue weighted by Gasteiger charge is -2.16. The van der Waals surface area contributed by atoms with E-state index < -0.39 is 0 Å². The highest BCUT2D eigenvalue weighted by Crippen LogP contribution is 2.27. The summed E-state index contributed by atoms with van der Waals surface area (Å²) in [5, 5.41) is 0. The lowest BCUT2D eigenvalue weighted by atomic mass is 10.0. The minimum absolute atomic E-state index is 0.0781. The Morgan fingerprint density at radius 1 is 1.06 bits per heavy atom. The summed E-state index contributed by atoms with van der Waals surface area (Å²) < 4.78 is 18.5. The zero-order valence-electron chi connectivity index (χ0n) is 11.2. The molecule has 1 rings (SSSR count). The van der Waals surface area contributed by atoms with Crippen molar-refractivity contribution >= 4 is 0 Å². The van der Waals surface area contributed by atoms with Crippen molar-refractivity contribution in [2.24, 2.45) is 0 Å². The Bertz CT molecular complexity index is 306. The van der Waals surface area contributed by atoms with Crippen LogP contribution in [0.5, 0.6) is 5.75 Å². The van der Waals surface area contributed by atoms with E-state index in [-0.39, 0.29) is 11.9 Å². The Morgan fingerprint density at radius 2 is 1.62 bits per heavy atom. The molecule has 0 saturated carbocycles. The van der Waals surface area contributed by atoms with Crippen LogP contribution in [0.25, 0.3) is 0 Å². The third-order valence-electron chi connectivity index (χ3n) is 1.96. The molecule has 0 saturated heterocycles. The third kappa shape index (κ3) is 4.65. The smallest absolute Gasteiger partial charge is 0.126 e. The number of benzene rings is 1. The first kappa shape index (κ1) is 14.9. The van der Waals surface area contributed by atoms with Crippen molar-refractivity contribution in [2.75, 3.05) is 0 Å². The average Bonchev–Trinajstić information content (AvgIpc) is 2.19. The highest BCUT2D eigenvalue weighted by atomic mass is 19.1. The first-order chi connectivity index (χ1) is 7.50. The summed E-state index contributed by atoms with van der Waals surface area (Å²) in [4.78, 5) is 0. The van der Waals surface area contributed by atoms with Crippen LogP contribution < -0.4 is 4.74 Å². The Labute approximate surface area is 98.6 Å². The normalized spacial score (nSPS) is 10.1. The fourth-order valence-electron chi connectivity index (χ4n) is 1.34. The molecule has 16 heavy (non-hydrogen) atoms. The molecule has 0 fully saturated rings. The van der Waals surface area contributed by atoms with Gasteiger partial charge in [0.25, 0.3) is 0 Å².